The molecule has 2 rings (SSSR count). The van der Waals surface area contributed by atoms with Gasteiger partial charge >= 0.3 is 0 Å². The predicted octanol–water partition coefficient (Wildman–Crippen LogP) is 2.73. The van der Waals surface area contributed by atoms with E-state index in [1.165, 1.54) is 6.42 Å². The first-order valence-corrected chi connectivity index (χ1v) is 11.6. The Balaban J connectivity index is 1.61. The number of hydrogen-bond donors (Lipinski definition) is 3. The third-order valence-corrected chi connectivity index (χ3v) is 6.18. The monoisotopic (exact) mass is 406 g/mol. The molecule has 0 bridgehead atoms. The van der Waals surface area contributed by atoms with Gasteiger partial charge in [-0.2, -0.15) is 5.26 Å². The molecule has 1 aromatic heterocycles. The lowest BCUT2D eigenvalue weighted by Crippen LogP contribution is -2.37. The molecule has 0 saturated heterocycles. The lowest BCUT2D eigenvalue weighted by atomic mass is 9.96. The number of sulfonamides is 1. The van der Waals surface area contributed by atoms with Gasteiger partial charge in [-0.15, -0.1) is 0 Å². The fraction of sp³-hybridized carbons (Fsp3) is 0.632. The molecule has 1 fully saturated rings. The normalized spacial score (nSPS) is 15.8. The van der Waals surface area contributed by atoms with Crippen LogP contribution in [0.25, 0.3) is 0 Å². The summed E-state index contributed by atoms with van der Waals surface area (Å²) in [6.45, 7) is 0.565. The van der Waals surface area contributed by atoms with Crippen LogP contribution in [0.3, 0.4) is 0 Å². The largest absolute Gasteiger partial charge is 0.325 e. The summed E-state index contributed by atoms with van der Waals surface area (Å²) in [6.07, 6.45) is 13.8. The molecule has 0 spiro atoms. The number of hydrogen-bond acceptors (Lipinski definition) is 5. The second kappa shape index (κ2) is 12.3. The highest BCUT2D eigenvalue weighted by atomic mass is 32.2. The summed E-state index contributed by atoms with van der Waals surface area (Å²) in [4.78, 5) is 8.29. The maximum absolute atomic E-state index is 12.1. The van der Waals surface area contributed by atoms with Crippen LogP contribution in [0.4, 0.5) is 5.69 Å². The van der Waals surface area contributed by atoms with Crippen LogP contribution in [0, 0.1) is 11.5 Å². The molecule has 1 heterocycles. The zero-order valence-corrected chi connectivity index (χ0v) is 17.0. The van der Waals surface area contributed by atoms with Gasteiger partial charge in [0.15, 0.2) is 6.19 Å². The van der Waals surface area contributed by atoms with E-state index in [-0.39, 0.29) is 11.8 Å². The first-order chi connectivity index (χ1) is 13.6. The molecule has 0 unspecified atom stereocenters. The summed E-state index contributed by atoms with van der Waals surface area (Å²) < 4.78 is 27.1. The molecular formula is C19H30N6O2S. The first kappa shape index (κ1) is 22.1. The van der Waals surface area contributed by atoms with E-state index in [0.29, 0.717) is 18.9 Å². The number of nitrogens with zero attached hydrogens (tertiary/aromatic N) is 3. The maximum Gasteiger partial charge on any atom is 0.211 e. The van der Waals surface area contributed by atoms with Crippen molar-refractivity contribution in [2.45, 2.75) is 63.8 Å². The van der Waals surface area contributed by atoms with Crippen molar-refractivity contribution in [1.82, 2.24) is 15.0 Å². The van der Waals surface area contributed by atoms with Crippen LogP contribution >= 0.6 is 0 Å². The van der Waals surface area contributed by atoms with Crippen molar-refractivity contribution in [3.05, 3.63) is 24.5 Å². The molecule has 28 heavy (non-hydrogen) atoms. The number of pyridine rings is 1. The molecule has 8 nitrogen and oxygen atoms in total. The predicted molar refractivity (Wildman–Crippen MR) is 111 cm³/mol. The van der Waals surface area contributed by atoms with Crippen molar-refractivity contribution in [3.63, 3.8) is 0 Å². The molecule has 0 amide bonds. The number of nitrogens with one attached hydrogen (secondary N) is 3. The second-order valence-corrected chi connectivity index (χ2v) is 8.89. The van der Waals surface area contributed by atoms with Gasteiger partial charge in [0.2, 0.25) is 16.0 Å². The SMILES string of the molecule is N#CNC(=NCCCCCCS(=O)(=O)NC1CCCCC1)Nc1ccncc1. The summed E-state index contributed by atoms with van der Waals surface area (Å²) in [5.41, 5.74) is 0.798. The van der Waals surface area contributed by atoms with Gasteiger partial charge in [0.25, 0.3) is 0 Å². The van der Waals surface area contributed by atoms with Crippen LogP contribution in [0.5, 0.6) is 0 Å². The Morgan fingerprint density at radius 3 is 2.57 bits per heavy atom. The third kappa shape index (κ3) is 9.15. The average Bonchev–Trinajstić information content (AvgIpc) is 2.68. The van der Waals surface area contributed by atoms with Crippen molar-refractivity contribution in [2.75, 3.05) is 17.6 Å². The number of unbranched alkanes of at least 4 members (excludes halogenated alkanes) is 3. The summed E-state index contributed by atoms with van der Waals surface area (Å²) in [5.74, 6) is 0.588. The van der Waals surface area contributed by atoms with Gasteiger partial charge in [0.05, 0.1) is 5.75 Å². The number of aliphatic imine (C=N–C) groups is 1. The molecule has 1 aromatic rings. The fourth-order valence-electron chi connectivity index (χ4n) is 3.22. The van der Waals surface area contributed by atoms with Crippen molar-refractivity contribution < 1.29 is 8.42 Å². The molecule has 0 radical (unpaired) electrons. The minimum atomic E-state index is -3.17. The van der Waals surface area contributed by atoms with Gasteiger partial charge in [-0.1, -0.05) is 32.1 Å². The Hall–Kier alpha value is -2.18. The van der Waals surface area contributed by atoms with Crippen LogP contribution in [-0.4, -0.2) is 37.7 Å². The molecule has 0 atom stereocenters. The van der Waals surface area contributed by atoms with Gasteiger partial charge in [-0.3, -0.25) is 15.3 Å². The van der Waals surface area contributed by atoms with Gasteiger partial charge in [-0.25, -0.2) is 13.1 Å². The average molecular weight is 407 g/mol. The van der Waals surface area contributed by atoms with Crippen LogP contribution in [-0.2, 0) is 10.0 Å². The van der Waals surface area contributed by atoms with E-state index in [9.17, 15) is 8.42 Å². The van der Waals surface area contributed by atoms with E-state index in [1.54, 1.807) is 24.5 Å². The third-order valence-electron chi connectivity index (χ3n) is 4.66. The molecule has 0 aromatic carbocycles. The van der Waals surface area contributed by atoms with E-state index >= 15 is 0 Å². The van der Waals surface area contributed by atoms with E-state index in [4.69, 9.17) is 5.26 Å². The zero-order chi connectivity index (χ0) is 20.1. The molecule has 9 heteroatoms. The van der Waals surface area contributed by atoms with Crippen molar-refractivity contribution in [2.24, 2.45) is 4.99 Å². The minimum absolute atomic E-state index is 0.132. The molecule has 154 valence electrons. The topological polar surface area (TPSA) is 119 Å². The number of anilines is 1. The number of guanidine groups is 1. The Morgan fingerprint density at radius 1 is 1.14 bits per heavy atom. The minimum Gasteiger partial charge on any atom is -0.325 e. The second-order valence-electron chi connectivity index (χ2n) is 7.01. The highest BCUT2D eigenvalue weighted by Gasteiger charge is 2.19. The maximum atomic E-state index is 12.1. The molecule has 1 aliphatic carbocycles. The number of rotatable bonds is 10. The Labute approximate surface area is 167 Å². The Bertz CT molecular complexity index is 739. The molecule has 1 saturated carbocycles. The standard InChI is InChI=1S/C19H30N6O2S/c20-16-23-19(24-17-10-13-21-14-11-17)22-12-6-1-2-7-15-28(26,27)25-18-8-4-3-5-9-18/h10-11,13-14,18,25H,1-9,12,15H2,(H2,21,22,23,24). The first-order valence-electron chi connectivity index (χ1n) is 9.96. The van der Waals surface area contributed by atoms with E-state index in [0.717, 1.165) is 50.6 Å². The van der Waals surface area contributed by atoms with E-state index in [1.807, 2.05) is 6.19 Å². The van der Waals surface area contributed by atoms with Crippen molar-refractivity contribution in [3.8, 4) is 6.19 Å². The smallest absolute Gasteiger partial charge is 0.211 e. The molecular weight excluding hydrogens is 376 g/mol. The Kier molecular flexibility index (Phi) is 9.72. The number of aromatic nitrogens is 1. The van der Waals surface area contributed by atoms with E-state index < -0.39 is 10.0 Å². The molecule has 0 aliphatic heterocycles. The zero-order valence-electron chi connectivity index (χ0n) is 16.2. The summed E-state index contributed by atoms with van der Waals surface area (Å²) >= 11 is 0. The van der Waals surface area contributed by atoms with Crippen LogP contribution < -0.4 is 15.4 Å². The van der Waals surface area contributed by atoms with Crippen molar-refractivity contribution >= 4 is 21.7 Å². The van der Waals surface area contributed by atoms with Gasteiger partial charge < -0.3 is 5.32 Å². The fourth-order valence-corrected chi connectivity index (χ4v) is 4.66. The Morgan fingerprint density at radius 2 is 1.86 bits per heavy atom. The van der Waals surface area contributed by atoms with Gasteiger partial charge in [0.1, 0.15) is 0 Å². The lowest BCUT2D eigenvalue weighted by Gasteiger charge is -2.22. The molecule has 3 N–H and O–H groups in total. The summed E-state index contributed by atoms with van der Waals surface area (Å²) in [6, 6.07) is 3.71. The highest BCUT2D eigenvalue weighted by molar-refractivity contribution is 7.89. The van der Waals surface area contributed by atoms with Crippen molar-refractivity contribution in [1.29, 1.82) is 5.26 Å². The highest BCUT2D eigenvalue weighted by Crippen LogP contribution is 2.18. The van der Waals surface area contributed by atoms with Crippen LogP contribution in [0.1, 0.15) is 57.8 Å². The van der Waals surface area contributed by atoms with Gasteiger partial charge in [0, 0.05) is 30.7 Å². The molecule has 1 aliphatic rings. The van der Waals surface area contributed by atoms with Gasteiger partial charge in [-0.05, 0) is 37.8 Å². The number of nitriles is 1. The summed E-state index contributed by atoms with van der Waals surface area (Å²) in [7, 11) is -3.17. The van der Waals surface area contributed by atoms with Crippen LogP contribution in [0.2, 0.25) is 0 Å². The lowest BCUT2D eigenvalue weighted by molar-refractivity contribution is 0.411. The quantitative estimate of drug-likeness (QED) is 0.181. The summed E-state index contributed by atoms with van der Waals surface area (Å²) in [5, 5.41) is 14.4. The van der Waals surface area contributed by atoms with Crippen LogP contribution in [0.15, 0.2) is 29.5 Å². The van der Waals surface area contributed by atoms with E-state index in [2.05, 4.69) is 25.3 Å².